The SMILES string of the molecule is CO[Si@@](C)(c1ccccc1)C(C)(C)C. The van der Waals surface area contributed by atoms with Crippen molar-refractivity contribution in [2.24, 2.45) is 0 Å². The van der Waals surface area contributed by atoms with Crippen molar-refractivity contribution < 1.29 is 4.43 Å². The predicted octanol–water partition coefficient (Wildman–Crippen LogP) is 2.92. The van der Waals surface area contributed by atoms with Crippen LogP contribution < -0.4 is 5.19 Å². The first-order chi connectivity index (χ1) is 6.42. The summed E-state index contributed by atoms with van der Waals surface area (Å²) in [7, 11) is 0.0367. The molecule has 0 unspecified atom stereocenters. The van der Waals surface area contributed by atoms with Crippen molar-refractivity contribution in [2.75, 3.05) is 7.11 Å². The molecule has 0 aromatic heterocycles. The molecule has 0 saturated carbocycles. The van der Waals surface area contributed by atoms with Crippen LogP contribution in [0, 0.1) is 0 Å². The maximum atomic E-state index is 5.83. The maximum Gasteiger partial charge on any atom is 0.225 e. The number of hydrogen-bond donors (Lipinski definition) is 0. The fourth-order valence-electron chi connectivity index (χ4n) is 1.61. The Morgan fingerprint density at radius 3 is 1.93 bits per heavy atom. The maximum absolute atomic E-state index is 5.83. The zero-order chi connectivity index (χ0) is 10.8. The molecule has 1 aromatic rings. The average molecular weight is 208 g/mol. The quantitative estimate of drug-likeness (QED) is 0.679. The van der Waals surface area contributed by atoms with E-state index in [9.17, 15) is 0 Å². The van der Waals surface area contributed by atoms with Gasteiger partial charge in [-0.3, -0.25) is 0 Å². The molecule has 0 radical (unpaired) electrons. The molecule has 0 saturated heterocycles. The lowest BCUT2D eigenvalue weighted by Crippen LogP contribution is -2.54. The lowest BCUT2D eigenvalue weighted by molar-refractivity contribution is 0.380. The molecule has 0 spiro atoms. The van der Waals surface area contributed by atoms with Gasteiger partial charge in [0, 0.05) is 7.11 Å². The van der Waals surface area contributed by atoms with E-state index in [2.05, 4.69) is 57.7 Å². The van der Waals surface area contributed by atoms with Crippen molar-refractivity contribution in [3.63, 3.8) is 0 Å². The molecular weight excluding hydrogens is 188 g/mol. The first-order valence-electron chi connectivity index (χ1n) is 5.02. The third-order valence-corrected chi connectivity index (χ3v) is 8.28. The van der Waals surface area contributed by atoms with Crippen molar-refractivity contribution in [2.45, 2.75) is 32.4 Å². The Hall–Kier alpha value is -0.603. The third-order valence-electron chi connectivity index (χ3n) is 3.16. The zero-order valence-corrected chi connectivity index (χ0v) is 10.8. The van der Waals surface area contributed by atoms with Crippen LogP contribution in [0.3, 0.4) is 0 Å². The molecule has 1 rings (SSSR count). The van der Waals surface area contributed by atoms with Crippen LogP contribution in [0.5, 0.6) is 0 Å². The summed E-state index contributed by atoms with van der Waals surface area (Å²) in [4.78, 5) is 0. The van der Waals surface area contributed by atoms with Gasteiger partial charge in [-0.15, -0.1) is 0 Å². The summed E-state index contributed by atoms with van der Waals surface area (Å²) in [5.41, 5.74) is 0. The number of rotatable bonds is 2. The van der Waals surface area contributed by atoms with E-state index in [1.807, 2.05) is 7.11 Å². The summed E-state index contributed by atoms with van der Waals surface area (Å²) in [6.07, 6.45) is 0. The smallest absolute Gasteiger partial charge is 0.225 e. The predicted molar refractivity (Wildman–Crippen MR) is 64.4 cm³/mol. The molecule has 0 fully saturated rings. The minimum Gasteiger partial charge on any atom is -0.415 e. The minimum absolute atomic E-state index is 0.225. The first-order valence-corrected chi connectivity index (χ1v) is 7.43. The van der Waals surface area contributed by atoms with Crippen LogP contribution in [0.15, 0.2) is 30.3 Å². The summed E-state index contributed by atoms with van der Waals surface area (Å²) in [5.74, 6) is 0. The van der Waals surface area contributed by atoms with E-state index in [4.69, 9.17) is 4.43 Å². The second-order valence-corrected chi connectivity index (χ2v) is 9.41. The Balaban J connectivity index is 3.15. The van der Waals surface area contributed by atoms with Crippen LogP contribution in [-0.4, -0.2) is 15.4 Å². The van der Waals surface area contributed by atoms with E-state index in [0.717, 1.165) is 0 Å². The molecule has 0 amide bonds. The summed E-state index contributed by atoms with van der Waals surface area (Å²) >= 11 is 0. The topological polar surface area (TPSA) is 9.23 Å². The lowest BCUT2D eigenvalue weighted by atomic mass is 10.2. The standard InChI is InChI=1S/C12H20OSi/c1-12(2,3)14(5,13-4)11-9-7-6-8-10-11/h6-10H,1-5H3/t14-/m0/s1. The van der Waals surface area contributed by atoms with Crippen molar-refractivity contribution in [3.05, 3.63) is 30.3 Å². The molecule has 0 heterocycles. The molecule has 0 aliphatic heterocycles. The molecule has 0 N–H and O–H groups in total. The highest BCUT2D eigenvalue weighted by Gasteiger charge is 2.42. The van der Waals surface area contributed by atoms with Crippen LogP contribution in [0.4, 0.5) is 0 Å². The molecule has 2 heteroatoms. The Kier molecular flexibility index (Phi) is 3.17. The van der Waals surface area contributed by atoms with Crippen molar-refractivity contribution in [1.82, 2.24) is 0 Å². The Bertz CT molecular complexity index is 289. The van der Waals surface area contributed by atoms with Crippen LogP contribution >= 0.6 is 0 Å². The molecule has 0 aliphatic rings. The highest BCUT2D eigenvalue weighted by molar-refractivity contribution is 6.87. The van der Waals surface area contributed by atoms with E-state index in [1.165, 1.54) is 5.19 Å². The lowest BCUT2D eigenvalue weighted by Gasteiger charge is -2.38. The fraction of sp³-hybridized carbons (Fsp3) is 0.500. The molecule has 1 atom stereocenters. The van der Waals surface area contributed by atoms with Gasteiger partial charge in [0.2, 0.25) is 8.32 Å². The van der Waals surface area contributed by atoms with Gasteiger partial charge in [-0.05, 0) is 16.8 Å². The number of benzene rings is 1. The summed E-state index contributed by atoms with van der Waals surface area (Å²) in [5, 5.41) is 1.60. The van der Waals surface area contributed by atoms with E-state index in [0.29, 0.717) is 0 Å². The van der Waals surface area contributed by atoms with E-state index in [-0.39, 0.29) is 5.04 Å². The first kappa shape index (κ1) is 11.5. The largest absolute Gasteiger partial charge is 0.415 e. The summed E-state index contributed by atoms with van der Waals surface area (Å²) < 4.78 is 5.83. The molecule has 14 heavy (non-hydrogen) atoms. The van der Waals surface area contributed by atoms with E-state index < -0.39 is 8.32 Å². The molecule has 0 aliphatic carbocycles. The van der Waals surface area contributed by atoms with Crippen molar-refractivity contribution in [3.8, 4) is 0 Å². The van der Waals surface area contributed by atoms with Gasteiger partial charge in [0.15, 0.2) is 0 Å². The van der Waals surface area contributed by atoms with Crippen LogP contribution in [0.25, 0.3) is 0 Å². The highest BCUT2D eigenvalue weighted by Crippen LogP contribution is 2.35. The van der Waals surface area contributed by atoms with E-state index >= 15 is 0 Å². The van der Waals surface area contributed by atoms with Crippen LogP contribution in [0.1, 0.15) is 20.8 Å². The van der Waals surface area contributed by atoms with E-state index in [1.54, 1.807) is 0 Å². The Morgan fingerprint density at radius 2 is 1.57 bits per heavy atom. The molecule has 0 bridgehead atoms. The molecular formula is C12H20OSi. The monoisotopic (exact) mass is 208 g/mol. The van der Waals surface area contributed by atoms with Crippen molar-refractivity contribution >= 4 is 13.5 Å². The van der Waals surface area contributed by atoms with Gasteiger partial charge in [-0.1, -0.05) is 51.1 Å². The van der Waals surface area contributed by atoms with Gasteiger partial charge in [0.05, 0.1) is 0 Å². The summed E-state index contributed by atoms with van der Waals surface area (Å²) in [6, 6.07) is 10.6. The van der Waals surface area contributed by atoms with Crippen LogP contribution in [0.2, 0.25) is 11.6 Å². The Labute approximate surface area is 88.2 Å². The third kappa shape index (κ3) is 1.91. The molecule has 1 aromatic carbocycles. The fourth-order valence-corrected chi connectivity index (χ4v) is 4.16. The second kappa shape index (κ2) is 3.87. The Morgan fingerprint density at radius 1 is 1.07 bits per heavy atom. The van der Waals surface area contributed by atoms with Gasteiger partial charge < -0.3 is 4.43 Å². The normalized spacial score (nSPS) is 16.4. The minimum atomic E-state index is -1.80. The van der Waals surface area contributed by atoms with Gasteiger partial charge in [-0.25, -0.2) is 0 Å². The summed E-state index contributed by atoms with van der Waals surface area (Å²) in [6.45, 7) is 9.06. The highest BCUT2D eigenvalue weighted by atomic mass is 28.4. The molecule has 78 valence electrons. The van der Waals surface area contributed by atoms with Gasteiger partial charge in [0.1, 0.15) is 0 Å². The van der Waals surface area contributed by atoms with Gasteiger partial charge in [-0.2, -0.15) is 0 Å². The van der Waals surface area contributed by atoms with Gasteiger partial charge in [0.25, 0.3) is 0 Å². The van der Waals surface area contributed by atoms with Crippen LogP contribution in [-0.2, 0) is 4.43 Å². The molecule has 1 nitrogen and oxygen atoms in total. The average Bonchev–Trinajstić information content (AvgIpc) is 2.16. The zero-order valence-electron chi connectivity index (χ0n) is 9.79. The van der Waals surface area contributed by atoms with Crippen molar-refractivity contribution in [1.29, 1.82) is 0 Å². The van der Waals surface area contributed by atoms with Gasteiger partial charge >= 0.3 is 0 Å². The number of hydrogen-bond acceptors (Lipinski definition) is 1. The second-order valence-electron chi connectivity index (χ2n) is 4.85.